The molecule has 3 heteroatoms. The normalized spacial score (nSPS) is 11.9. The molecule has 0 N–H and O–H groups in total. The molecule has 0 bridgehead atoms. The Labute approximate surface area is 144 Å². The van der Waals surface area contributed by atoms with Crippen LogP contribution < -0.4 is 9.47 Å². The summed E-state index contributed by atoms with van der Waals surface area (Å²) in [5.41, 5.74) is 0.315. The Morgan fingerprint density at radius 1 is 0.750 bits per heavy atom. The second kappa shape index (κ2) is 6.68. The fourth-order valence-electron chi connectivity index (χ4n) is 2.26. The molecule has 0 saturated carbocycles. The molecule has 0 radical (unpaired) electrons. The highest BCUT2D eigenvalue weighted by molar-refractivity contribution is 6.11. The van der Waals surface area contributed by atoms with Gasteiger partial charge in [0, 0.05) is 5.56 Å². The van der Waals surface area contributed by atoms with Crippen molar-refractivity contribution in [2.45, 2.75) is 52.7 Å². The maximum absolute atomic E-state index is 12.9. The van der Waals surface area contributed by atoms with Crippen LogP contribution >= 0.6 is 0 Å². The number of ether oxygens (including phenoxy) is 2. The zero-order valence-electron chi connectivity index (χ0n) is 15.3. The zero-order chi connectivity index (χ0) is 18.0. The van der Waals surface area contributed by atoms with Gasteiger partial charge in [-0.15, -0.1) is 0 Å². The van der Waals surface area contributed by atoms with Crippen molar-refractivity contribution in [3.63, 3.8) is 0 Å². The predicted molar refractivity (Wildman–Crippen MR) is 97.1 cm³/mol. The van der Waals surface area contributed by atoms with Crippen LogP contribution in [0.25, 0.3) is 0 Å². The summed E-state index contributed by atoms with van der Waals surface area (Å²) < 4.78 is 12.1. The first-order valence-electron chi connectivity index (χ1n) is 8.18. The van der Waals surface area contributed by atoms with E-state index in [9.17, 15) is 4.79 Å². The van der Waals surface area contributed by atoms with Gasteiger partial charge in [0.25, 0.3) is 0 Å². The van der Waals surface area contributed by atoms with Crippen molar-refractivity contribution < 1.29 is 14.3 Å². The topological polar surface area (TPSA) is 35.5 Å². The Morgan fingerprint density at radius 2 is 1.33 bits per heavy atom. The predicted octanol–water partition coefficient (Wildman–Crippen LogP) is 5.27. The van der Waals surface area contributed by atoms with E-state index >= 15 is 0 Å². The lowest BCUT2D eigenvalue weighted by Gasteiger charge is -2.28. The van der Waals surface area contributed by atoms with Gasteiger partial charge in [0.15, 0.2) is 17.3 Å². The maximum Gasteiger partial charge on any atom is 0.196 e. The van der Waals surface area contributed by atoms with E-state index in [1.807, 2.05) is 71.9 Å². The largest absolute Gasteiger partial charge is 0.484 e. The van der Waals surface area contributed by atoms with Crippen molar-refractivity contribution in [2.24, 2.45) is 0 Å². The summed E-state index contributed by atoms with van der Waals surface area (Å²) in [5, 5.41) is 0. The molecule has 0 fully saturated rings. The van der Waals surface area contributed by atoms with Crippen LogP contribution in [0.2, 0.25) is 0 Å². The molecule has 0 heterocycles. The van der Waals surface area contributed by atoms with Crippen LogP contribution in [0.5, 0.6) is 11.5 Å². The molecular formula is C21H26O3. The van der Waals surface area contributed by atoms with Gasteiger partial charge in [-0.1, -0.05) is 36.4 Å². The maximum atomic E-state index is 12.9. The van der Waals surface area contributed by atoms with E-state index in [1.165, 1.54) is 0 Å². The number of para-hydroxylation sites is 1. The van der Waals surface area contributed by atoms with Gasteiger partial charge in [-0.3, -0.25) is 4.79 Å². The van der Waals surface area contributed by atoms with Crippen LogP contribution in [0.3, 0.4) is 0 Å². The van der Waals surface area contributed by atoms with Crippen molar-refractivity contribution in [3.8, 4) is 11.5 Å². The quantitative estimate of drug-likeness (QED) is 0.718. The SMILES string of the molecule is CC(C)(C)Oc1cccc(C(=O)c2ccccc2)c1OC(C)(C)C. The summed E-state index contributed by atoms with van der Waals surface area (Å²) in [6.07, 6.45) is 0. The van der Waals surface area contributed by atoms with E-state index in [2.05, 4.69) is 0 Å². The Bertz CT molecular complexity index is 704. The van der Waals surface area contributed by atoms with Gasteiger partial charge in [-0.05, 0) is 53.7 Å². The van der Waals surface area contributed by atoms with Gasteiger partial charge in [0.05, 0.1) is 5.56 Å². The Kier molecular flexibility index (Phi) is 5.02. The monoisotopic (exact) mass is 326 g/mol. The fourth-order valence-corrected chi connectivity index (χ4v) is 2.26. The number of hydrogen-bond donors (Lipinski definition) is 0. The van der Waals surface area contributed by atoms with Gasteiger partial charge in [0.2, 0.25) is 0 Å². The fraction of sp³-hybridized carbons (Fsp3) is 0.381. The summed E-state index contributed by atoms with van der Waals surface area (Å²) in [6.45, 7) is 11.8. The van der Waals surface area contributed by atoms with E-state index in [-0.39, 0.29) is 11.4 Å². The lowest BCUT2D eigenvalue weighted by Crippen LogP contribution is -2.27. The molecule has 0 unspecified atom stereocenters. The zero-order valence-corrected chi connectivity index (χ0v) is 15.3. The molecule has 2 rings (SSSR count). The number of rotatable bonds is 4. The van der Waals surface area contributed by atoms with Crippen LogP contribution in [-0.4, -0.2) is 17.0 Å². The second-order valence-corrected chi connectivity index (χ2v) is 7.76. The molecule has 0 spiro atoms. The molecule has 2 aromatic carbocycles. The van der Waals surface area contributed by atoms with Crippen LogP contribution in [-0.2, 0) is 0 Å². The smallest absolute Gasteiger partial charge is 0.196 e. The molecule has 0 atom stereocenters. The lowest BCUT2D eigenvalue weighted by atomic mass is 10.0. The lowest BCUT2D eigenvalue weighted by molar-refractivity contribution is 0.0907. The third kappa shape index (κ3) is 4.85. The number of ketones is 1. The third-order valence-electron chi connectivity index (χ3n) is 3.08. The van der Waals surface area contributed by atoms with Crippen molar-refractivity contribution in [3.05, 3.63) is 59.7 Å². The molecule has 0 aromatic heterocycles. The summed E-state index contributed by atoms with van der Waals surface area (Å²) in [5.74, 6) is 1.00. The van der Waals surface area contributed by atoms with E-state index in [4.69, 9.17) is 9.47 Å². The molecule has 0 aliphatic carbocycles. The highest BCUT2D eigenvalue weighted by Gasteiger charge is 2.25. The molecule has 0 amide bonds. The summed E-state index contributed by atoms with van der Waals surface area (Å²) in [6, 6.07) is 14.7. The van der Waals surface area contributed by atoms with Gasteiger partial charge in [0.1, 0.15) is 11.2 Å². The Hall–Kier alpha value is -2.29. The van der Waals surface area contributed by atoms with Gasteiger partial charge >= 0.3 is 0 Å². The summed E-state index contributed by atoms with van der Waals surface area (Å²) in [4.78, 5) is 12.9. The molecular weight excluding hydrogens is 300 g/mol. The van der Waals surface area contributed by atoms with Crippen molar-refractivity contribution in [1.82, 2.24) is 0 Å². The van der Waals surface area contributed by atoms with E-state index in [1.54, 1.807) is 18.2 Å². The first kappa shape index (κ1) is 18.1. The van der Waals surface area contributed by atoms with Gasteiger partial charge in [-0.2, -0.15) is 0 Å². The number of carbonyl (C=O) groups excluding carboxylic acids is 1. The highest BCUT2D eigenvalue weighted by atomic mass is 16.5. The van der Waals surface area contributed by atoms with E-state index < -0.39 is 5.60 Å². The Balaban J connectivity index is 2.54. The molecule has 2 aromatic rings. The first-order valence-corrected chi connectivity index (χ1v) is 8.18. The van der Waals surface area contributed by atoms with E-state index in [0.717, 1.165) is 0 Å². The highest BCUT2D eigenvalue weighted by Crippen LogP contribution is 2.37. The minimum Gasteiger partial charge on any atom is -0.484 e. The van der Waals surface area contributed by atoms with Crippen molar-refractivity contribution >= 4 is 5.78 Å². The summed E-state index contributed by atoms with van der Waals surface area (Å²) in [7, 11) is 0. The average Bonchev–Trinajstić information content (AvgIpc) is 2.46. The number of carbonyl (C=O) groups is 1. The van der Waals surface area contributed by atoms with Crippen molar-refractivity contribution in [1.29, 1.82) is 0 Å². The van der Waals surface area contributed by atoms with Crippen molar-refractivity contribution in [2.75, 3.05) is 0 Å². The van der Waals surface area contributed by atoms with Crippen LogP contribution in [0.4, 0.5) is 0 Å². The Morgan fingerprint density at radius 3 is 1.88 bits per heavy atom. The van der Waals surface area contributed by atoms with Gasteiger partial charge < -0.3 is 9.47 Å². The summed E-state index contributed by atoms with van der Waals surface area (Å²) >= 11 is 0. The number of benzene rings is 2. The second-order valence-electron chi connectivity index (χ2n) is 7.76. The van der Waals surface area contributed by atoms with Gasteiger partial charge in [-0.25, -0.2) is 0 Å². The molecule has 0 aliphatic rings. The average molecular weight is 326 g/mol. The van der Waals surface area contributed by atoms with Crippen LogP contribution in [0.1, 0.15) is 57.5 Å². The molecule has 0 aliphatic heterocycles. The minimum absolute atomic E-state index is 0.0748. The van der Waals surface area contributed by atoms with Crippen LogP contribution in [0, 0.1) is 0 Å². The van der Waals surface area contributed by atoms with Crippen LogP contribution in [0.15, 0.2) is 48.5 Å². The first-order chi connectivity index (χ1) is 11.1. The molecule has 128 valence electrons. The standard InChI is InChI=1S/C21H26O3/c1-20(2,3)23-17-14-10-13-16(19(17)24-21(4,5)6)18(22)15-11-8-7-9-12-15/h7-14H,1-6H3. The third-order valence-corrected chi connectivity index (χ3v) is 3.08. The van der Waals surface area contributed by atoms with E-state index in [0.29, 0.717) is 22.6 Å². The number of hydrogen-bond acceptors (Lipinski definition) is 3. The minimum atomic E-state index is -0.441. The molecule has 3 nitrogen and oxygen atoms in total. The molecule has 0 saturated heterocycles. The molecule has 24 heavy (non-hydrogen) atoms.